The lowest BCUT2D eigenvalue weighted by Crippen LogP contribution is -2.48. The van der Waals surface area contributed by atoms with E-state index in [4.69, 9.17) is 0 Å². The molecule has 0 aromatic rings. The van der Waals surface area contributed by atoms with Crippen LogP contribution in [-0.4, -0.2) is 23.6 Å². The zero-order chi connectivity index (χ0) is 12.2. The molecular formula is C14H27NS. The van der Waals surface area contributed by atoms with Crippen molar-refractivity contribution in [3.63, 3.8) is 0 Å². The summed E-state index contributed by atoms with van der Waals surface area (Å²) < 4.78 is 0. The Morgan fingerprint density at radius 2 is 1.56 bits per heavy atom. The summed E-state index contributed by atoms with van der Waals surface area (Å²) in [4.78, 5) is 0. The molecule has 0 aromatic heterocycles. The molecule has 1 atom stereocenters. The van der Waals surface area contributed by atoms with Crippen LogP contribution in [-0.2, 0) is 0 Å². The summed E-state index contributed by atoms with van der Waals surface area (Å²) >= 11 is 2.11. The molecule has 1 aliphatic heterocycles. The molecule has 2 rings (SSSR count). The zero-order valence-corrected chi connectivity index (χ0v) is 12.5. The van der Waals surface area contributed by atoms with E-state index in [9.17, 15) is 0 Å². The molecule has 0 spiro atoms. The number of rotatable bonds is 2. The van der Waals surface area contributed by atoms with Crippen LogP contribution >= 0.6 is 11.8 Å². The molecule has 0 radical (unpaired) electrons. The van der Waals surface area contributed by atoms with Gasteiger partial charge in [-0.3, -0.25) is 0 Å². The standard InChI is InChI=1S/C14H27NS/c1-12(2)7-8-16-9-10(12)15-11-13(3,4)14(11,5)6/h10-11,15H,7-9H2,1-6H3. The van der Waals surface area contributed by atoms with E-state index in [1.165, 1.54) is 17.9 Å². The molecule has 1 unspecified atom stereocenters. The average molecular weight is 241 g/mol. The van der Waals surface area contributed by atoms with Gasteiger partial charge in [0.2, 0.25) is 0 Å². The van der Waals surface area contributed by atoms with Crippen molar-refractivity contribution in [3.8, 4) is 0 Å². The monoisotopic (exact) mass is 241 g/mol. The smallest absolute Gasteiger partial charge is 0.0212 e. The van der Waals surface area contributed by atoms with Crippen LogP contribution in [0, 0.1) is 16.2 Å². The maximum Gasteiger partial charge on any atom is 0.0212 e. The van der Waals surface area contributed by atoms with Crippen LogP contribution in [0.15, 0.2) is 0 Å². The zero-order valence-electron chi connectivity index (χ0n) is 11.7. The van der Waals surface area contributed by atoms with Crippen molar-refractivity contribution in [1.82, 2.24) is 5.32 Å². The Labute approximate surface area is 105 Å². The van der Waals surface area contributed by atoms with E-state index in [-0.39, 0.29) is 0 Å². The van der Waals surface area contributed by atoms with Crippen molar-refractivity contribution >= 4 is 11.8 Å². The summed E-state index contributed by atoms with van der Waals surface area (Å²) in [6, 6.07) is 1.39. The van der Waals surface area contributed by atoms with E-state index in [0.29, 0.717) is 28.3 Å². The Morgan fingerprint density at radius 1 is 1.00 bits per heavy atom. The van der Waals surface area contributed by atoms with E-state index in [2.05, 4.69) is 58.6 Å². The highest BCUT2D eigenvalue weighted by molar-refractivity contribution is 7.99. The van der Waals surface area contributed by atoms with E-state index in [0.717, 1.165) is 0 Å². The second-order valence-electron chi connectivity index (χ2n) is 7.41. The summed E-state index contributed by atoms with van der Waals surface area (Å²) in [5, 5.41) is 3.94. The summed E-state index contributed by atoms with van der Waals surface area (Å²) in [5.74, 6) is 2.62. The van der Waals surface area contributed by atoms with Crippen LogP contribution in [0.3, 0.4) is 0 Å². The molecule has 0 bridgehead atoms. The molecule has 2 heteroatoms. The van der Waals surface area contributed by atoms with Crippen molar-refractivity contribution in [3.05, 3.63) is 0 Å². The van der Waals surface area contributed by atoms with Crippen LogP contribution in [0.25, 0.3) is 0 Å². The molecule has 2 aliphatic rings. The highest BCUT2D eigenvalue weighted by Crippen LogP contribution is 2.63. The Balaban J connectivity index is 2.01. The van der Waals surface area contributed by atoms with Gasteiger partial charge in [-0.25, -0.2) is 0 Å². The first-order chi connectivity index (χ1) is 7.19. The number of hydrogen-bond donors (Lipinski definition) is 1. The van der Waals surface area contributed by atoms with Crippen molar-refractivity contribution in [2.75, 3.05) is 11.5 Å². The van der Waals surface area contributed by atoms with Crippen LogP contribution in [0.1, 0.15) is 48.0 Å². The third-order valence-electron chi connectivity index (χ3n) is 5.51. The van der Waals surface area contributed by atoms with E-state index in [1.807, 2.05) is 0 Å². The number of thioether (sulfide) groups is 1. The van der Waals surface area contributed by atoms with Gasteiger partial charge in [0.15, 0.2) is 0 Å². The third-order valence-corrected chi connectivity index (χ3v) is 6.57. The summed E-state index contributed by atoms with van der Waals surface area (Å²) in [6.45, 7) is 14.4. The molecule has 2 fully saturated rings. The molecule has 0 amide bonds. The van der Waals surface area contributed by atoms with Gasteiger partial charge in [-0.1, -0.05) is 41.5 Å². The Bertz CT molecular complexity index is 266. The molecule has 1 aliphatic carbocycles. The number of nitrogens with one attached hydrogen (secondary N) is 1. The van der Waals surface area contributed by atoms with Crippen LogP contribution in [0.4, 0.5) is 0 Å². The molecule has 1 heterocycles. The lowest BCUT2D eigenvalue weighted by atomic mass is 9.82. The van der Waals surface area contributed by atoms with Crippen LogP contribution < -0.4 is 5.32 Å². The molecule has 1 saturated heterocycles. The first kappa shape index (κ1) is 12.8. The average Bonchev–Trinajstić information content (AvgIpc) is 2.50. The van der Waals surface area contributed by atoms with Gasteiger partial charge in [0.1, 0.15) is 0 Å². The lowest BCUT2D eigenvalue weighted by Gasteiger charge is -2.39. The predicted octanol–water partition coefficient (Wildman–Crippen LogP) is 3.54. The molecule has 94 valence electrons. The van der Waals surface area contributed by atoms with Gasteiger partial charge in [-0.2, -0.15) is 11.8 Å². The van der Waals surface area contributed by atoms with Crippen LogP contribution in [0.2, 0.25) is 0 Å². The first-order valence-electron chi connectivity index (χ1n) is 6.53. The predicted molar refractivity (Wildman–Crippen MR) is 74.0 cm³/mol. The van der Waals surface area contributed by atoms with E-state index >= 15 is 0 Å². The molecule has 1 nitrogen and oxygen atoms in total. The Hall–Kier alpha value is 0.310. The molecule has 1 N–H and O–H groups in total. The Kier molecular flexibility index (Phi) is 2.91. The minimum Gasteiger partial charge on any atom is -0.309 e. The molecule has 0 aromatic carbocycles. The fraction of sp³-hybridized carbons (Fsp3) is 1.00. The highest BCUT2D eigenvalue weighted by atomic mass is 32.2. The van der Waals surface area contributed by atoms with Gasteiger partial charge in [0, 0.05) is 17.8 Å². The van der Waals surface area contributed by atoms with Crippen molar-refractivity contribution < 1.29 is 0 Å². The number of hydrogen-bond acceptors (Lipinski definition) is 2. The quantitative estimate of drug-likeness (QED) is 0.793. The highest BCUT2D eigenvalue weighted by Gasteiger charge is 2.65. The summed E-state index contributed by atoms with van der Waals surface area (Å²) in [7, 11) is 0. The fourth-order valence-corrected chi connectivity index (χ4v) is 4.64. The largest absolute Gasteiger partial charge is 0.309 e. The van der Waals surface area contributed by atoms with Gasteiger partial charge in [0.05, 0.1) is 0 Å². The van der Waals surface area contributed by atoms with Gasteiger partial charge in [0.25, 0.3) is 0 Å². The van der Waals surface area contributed by atoms with Crippen LogP contribution in [0.5, 0.6) is 0 Å². The topological polar surface area (TPSA) is 12.0 Å². The third kappa shape index (κ3) is 1.82. The summed E-state index contributed by atoms with van der Waals surface area (Å²) in [6.07, 6.45) is 1.35. The molecule has 1 saturated carbocycles. The van der Waals surface area contributed by atoms with Gasteiger partial charge in [-0.15, -0.1) is 0 Å². The van der Waals surface area contributed by atoms with Crippen molar-refractivity contribution in [2.24, 2.45) is 16.2 Å². The molecule has 16 heavy (non-hydrogen) atoms. The lowest BCUT2D eigenvalue weighted by molar-refractivity contribution is 0.235. The van der Waals surface area contributed by atoms with Gasteiger partial charge < -0.3 is 5.32 Å². The van der Waals surface area contributed by atoms with E-state index in [1.54, 1.807) is 0 Å². The summed E-state index contributed by atoms with van der Waals surface area (Å²) in [5.41, 5.74) is 1.40. The fourth-order valence-electron chi connectivity index (χ4n) is 3.02. The maximum absolute atomic E-state index is 3.94. The Morgan fingerprint density at radius 3 is 2.00 bits per heavy atom. The molecular weight excluding hydrogens is 214 g/mol. The van der Waals surface area contributed by atoms with Crippen molar-refractivity contribution in [2.45, 2.75) is 60.0 Å². The minimum atomic E-state index is 0.463. The SMILES string of the molecule is CC1(C)CCSCC1NC1C(C)(C)C1(C)C. The van der Waals surface area contributed by atoms with Crippen molar-refractivity contribution in [1.29, 1.82) is 0 Å². The normalized spacial score (nSPS) is 36.0. The van der Waals surface area contributed by atoms with Gasteiger partial charge >= 0.3 is 0 Å². The second-order valence-corrected chi connectivity index (χ2v) is 8.56. The van der Waals surface area contributed by atoms with Gasteiger partial charge in [-0.05, 0) is 28.4 Å². The maximum atomic E-state index is 3.94. The van der Waals surface area contributed by atoms with E-state index < -0.39 is 0 Å². The first-order valence-corrected chi connectivity index (χ1v) is 7.69. The second kappa shape index (κ2) is 3.65. The minimum absolute atomic E-state index is 0.463.